The van der Waals surface area contributed by atoms with Crippen LogP contribution in [0.4, 0.5) is 5.82 Å². The van der Waals surface area contributed by atoms with Crippen molar-refractivity contribution in [3.05, 3.63) is 79.2 Å². The Labute approximate surface area is 185 Å². The molecule has 31 heavy (non-hydrogen) atoms. The minimum atomic E-state index is -4.08. The minimum Gasteiger partial charge on any atom is -0.316 e. The third kappa shape index (κ3) is 4.18. The van der Waals surface area contributed by atoms with Gasteiger partial charge in [0.25, 0.3) is 10.0 Å². The van der Waals surface area contributed by atoms with Crippen LogP contribution in [-0.4, -0.2) is 28.4 Å². The Hall–Kier alpha value is -3.21. The van der Waals surface area contributed by atoms with Crippen molar-refractivity contribution in [1.82, 2.24) is 19.9 Å². The van der Waals surface area contributed by atoms with Crippen molar-refractivity contribution < 1.29 is 8.42 Å². The Bertz CT molecular complexity index is 1560. The average molecular weight is 478 g/mol. The van der Waals surface area contributed by atoms with Crippen molar-refractivity contribution in [2.45, 2.75) is 11.8 Å². The number of rotatable bonds is 4. The van der Waals surface area contributed by atoms with Gasteiger partial charge in [0.15, 0.2) is 0 Å². The Kier molecular flexibility index (Phi) is 5.29. The number of aromatic nitrogens is 4. The summed E-state index contributed by atoms with van der Waals surface area (Å²) in [7, 11) is -4.08. The zero-order valence-corrected chi connectivity index (χ0v) is 18.1. The monoisotopic (exact) mass is 477 g/mol. The highest BCUT2D eigenvalue weighted by atomic mass is 35.5. The molecule has 0 aliphatic heterocycles. The molecule has 0 radical (unpaired) electrons. The second-order valence-corrected chi connectivity index (χ2v) is 9.11. The van der Waals surface area contributed by atoms with Crippen molar-refractivity contribution in [3.63, 3.8) is 0 Å². The van der Waals surface area contributed by atoms with Gasteiger partial charge in [0.2, 0.25) is 0 Å². The molecule has 158 valence electrons. The van der Waals surface area contributed by atoms with E-state index in [2.05, 4.69) is 24.7 Å². The summed E-state index contributed by atoms with van der Waals surface area (Å²) in [6.07, 6.45) is 4.44. The first-order valence-corrected chi connectivity index (χ1v) is 10.9. The standard InChI is InChI=1S/C19H13Cl2N5O4S/c1-9-2-14-15(25-19(28)18(27)24-14)5-16(9)31(29,30)26-17-4-13(21)12(8-23-17)10-3-11(20)7-22-6-10/h2-8H,1H3,(H,23,26)(H,24,27)(H,25,28). The van der Waals surface area contributed by atoms with E-state index in [0.29, 0.717) is 27.2 Å². The third-order valence-corrected chi connectivity index (χ3v) is 6.43. The molecule has 0 aliphatic carbocycles. The Morgan fingerprint density at radius 3 is 2.26 bits per heavy atom. The number of pyridine rings is 2. The predicted molar refractivity (Wildman–Crippen MR) is 118 cm³/mol. The summed E-state index contributed by atoms with van der Waals surface area (Å²) in [5.74, 6) is -0.00167. The zero-order valence-electron chi connectivity index (χ0n) is 15.7. The fourth-order valence-electron chi connectivity index (χ4n) is 2.99. The summed E-state index contributed by atoms with van der Waals surface area (Å²) in [5, 5.41) is 0.665. The van der Waals surface area contributed by atoms with E-state index in [-0.39, 0.29) is 21.3 Å². The molecule has 0 fully saturated rings. The molecule has 0 amide bonds. The van der Waals surface area contributed by atoms with Crippen LogP contribution in [0.1, 0.15) is 5.56 Å². The van der Waals surface area contributed by atoms with Crippen molar-refractivity contribution in [2.24, 2.45) is 0 Å². The second-order valence-electron chi connectivity index (χ2n) is 6.62. The Morgan fingerprint density at radius 1 is 0.935 bits per heavy atom. The van der Waals surface area contributed by atoms with Gasteiger partial charge in [0, 0.05) is 35.8 Å². The quantitative estimate of drug-likeness (QED) is 0.386. The number of aromatic amines is 2. The second kappa shape index (κ2) is 7.80. The lowest BCUT2D eigenvalue weighted by Crippen LogP contribution is -2.29. The van der Waals surface area contributed by atoms with Gasteiger partial charge in [-0.2, -0.15) is 0 Å². The highest BCUT2D eigenvalue weighted by Crippen LogP contribution is 2.30. The number of H-pyrrole nitrogens is 2. The molecule has 0 unspecified atom stereocenters. The number of halogens is 2. The number of sulfonamides is 1. The first kappa shape index (κ1) is 21.0. The van der Waals surface area contributed by atoms with Gasteiger partial charge in [-0.3, -0.25) is 19.3 Å². The fraction of sp³-hybridized carbons (Fsp3) is 0.0526. The fourth-order valence-corrected chi connectivity index (χ4v) is 4.68. The van der Waals surface area contributed by atoms with E-state index in [4.69, 9.17) is 23.2 Å². The number of nitrogens with zero attached hydrogens (tertiary/aromatic N) is 2. The number of aryl methyl sites for hydroxylation is 1. The summed E-state index contributed by atoms with van der Waals surface area (Å²) in [6.45, 7) is 1.56. The first-order valence-electron chi connectivity index (χ1n) is 8.70. The highest BCUT2D eigenvalue weighted by molar-refractivity contribution is 7.92. The Balaban J connectivity index is 1.71. The molecule has 0 atom stereocenters. The molecule has 4 rings (SSSR count). The summed E-state index contributed by atoms with van der Waals surface area (Å²) < 4.78 is 28.3. The summed E-state index contributed by atoms with van der Waals surface area (Å²) in [5.41, 5.74) is 0.287. The molecular formula is C19H13Cl2N5O4S. The van der Waals surface area contributed by atoms with Crippen LogP contribution in [0.15, 0.2) is 57.3 Å². The molecule has 3 aromatic heterocycles. The van der Waals surface area contributed by atoms with E-state index in [1.54, 1.807) is 19.2 Å². The molecule has 3 heterocycles. The van der Waals surface area contributed by atoms with Crippen molar-refractivity contribution in [1.29, 1.82) is 0 Å². The number of hydrogen-bond acceptors (Lipinski definition) is 6. The van der Waals surface area contributed by atoms with E-state index in [1.165, 1.54) is 30.6 Å². The Morgan fingerprint density at radius 2 is 1.61 bits per heavy atom. The van der Waals surface area contributed by atoms with Gasteiger partial charge in [-0.15, -0.1) is 0 Å². The lowest BCUT2D eigenvalue weighted by Gasteiger charge is -2.12. The van der Waals surface area contributed by atoms with Gasteiger partial charge in [-0.25, -0.2) is 13.4 Å². The van der Waals surface area contributed by atoms with Crippen molar-refractivity contribution >= 4 is 50.1 Å². The van der Waals surface area contributed by atoms with Crippen LogP contribution in [0.2, 0.25) is 10.0 Å². The molecule has 0 aliphatic rings. The maximum Gasteiger partial charge on any atom is 0.314 e. The van der Waals surface area contributed by atoms with E-state index in [0.717, 1.165) is 0 Å². The van der Waals surface area contributed by atoms with Gasteiger partial charge < -0.3 is 9.97 Å². The normalized spacial score (nSPS) is 11.6. The minimum absolute atomic E-state index is 0.00167. The SMILES string of the molecule is Cc1cc2[nH]c(=O)c(=O)[nH]c2cc1S(=O)(=O)Nc1cc(Cl)c(-c2cncc(Cl)c2)cn1. The van der Waals surface area contributed by atoms with Gasteiger partial charge in [-0.05, 0) is 30.7 Å². The van der Waals surface area contributed by atoms with E-state index in [1.807, 2.05) is 0 Å². The average Bonchev–Trinajstić information content (AvgIpc) is 2.68. The zero-order chi connectivity index (χ0) is 22.3. The highest BCUT2D eigenvalue weighted by Gasteiger charge is 2.20. The van der Waals surface area contributed by atoms with Crippen molar-refractivity contribution in [3.8, 4) is 11.1 Å². The smallest absolute Gasteiger partial charge is 0.314 e. The molecule has 9 nitrogen and oxygen atoms in total. The van der Waals surface area contributed by atoms with Gasteiger partial charge in [0.05, 0.1) is 26.0 Å². The molecule has 0 saturated carbocycles. The van der Waals surface area contributed by atoms with Crippen LogP contribution in [-0.2, 0) is 10.0 Å². The van der Waals surface area contributed by atoms with Crippen LogP contribution >= 0.6 is 23.2 Å². The lowest BCUT2D eigenvalue weighted by molar-refractivity contribution is 0.600. The van der Waals surface area contributed by atoms with Crippen molar-refractivity contribution in [2.75, 3.05) is 4.72 Å². The number of benzene rings is 1. The largest absolute Gasteiger partial charge is 0.316 e. The predicted octanol–water partition coefficient (Wildman–Crippen LogP) is 3.09. The first-order chi connectivity index (χ1) is 14.6. The molecule has 1 aromatic carbocycles. The molecule has 3 N–H and O–H groups in total. The van der Waals surface area contributed by atoms with Gasteiger partial charge >= 0.3 is 11.1 Å². The van der Waals surface area contributed by atoms with Gasteiger partial charge in [-0.1, -0.05) is 23.2 Å². The molecule has 0 saturated heterocycles. The van der Waals surface area contributed by atoms with Crippen LogP contribution < -0.4 is 15.8 Å². The topological polar surface area (TPSA) is 138 Å². The van der Waals surface area contributed by atoms with Crippen LogP contribution in [0.5, 0.6) is 0 Å². The van der Waals surface area contributed by atoms with E-state index in [9.17, 15) is 18.0 Å². The number of nitrogens with one attached hydrogen (secondary N) is 3. The number of hydrogen-bond donors (Lipinski definition) is 3. The molecule has 0 spiro atoms. The van der Waals surface area contributed by atoms with Crippen LogP contribution in [0.3, 0.4) is 0 Å². The lowest BCUT2D eigenvalue weighted by atomic mass is 10.1. The van der Waals surface area contributed by atoms with E-state index < -0.39 is 21.1 Å². The van der Waals surface area contributed by atoms with Crippen LogP contribution in [0, 0.1) is 6.92 Å². The van der Waals surface area contributed by atoms with Crippen LogP contribution in [0.25, 0.3) is 22.2 Å². The maximum absolute atomic E-state index is 12.9. The van der Waals surface area contributed by atoms with E-state index >= 15 is 0 Å². The number of fused-ring (bicyclic) bond motifs is 1. The third-order valence-electron chi connectivity index (χ3n) is 4.42. The number of anilines is 1. The molecule has 0 bridgehead atoms. The van der Waals surface area contributed by atoms with Gasteiger partial charge in [0.1, 0.15) is 5.82 Å². The molecular weight excluding hydrogens is 465 g/mol. The molecule has 12 heteroatoms. The molecule has 4 aromatic rings. The summed E-state index contributed by atoms with van der Waals surface area (Å²) in [4.78, 5) is 35.8. The summed E-state index contributed by atoms with van der Waals surface area (Å²) >= 11 is 12.3. The maximum atomic E-state index is 12.9. The summed E-state index contributed by atoms with van der Waals surface area (Å²) in [6, 6.07) is 5.74.